The molecule has 0 radical (unpaired) electrons. The van der Waals surface area contributed by atoms with Crippen molar-refractivity contribution < 1.29 is 22.0 Å². The Labute approximate surface area is 188 Å². The van der Waals surface area contributed by atoms with Crippen LogP contribution in [0.2, 0.25) is 0 Å². The zero-order valence-corrected chi connectivity index (χ0v) is 19.4. The Morgan fingerprint density at radius 2 is 1.75 bits per heavy atom. The first kappa shape index (κ1) is 24.1. The molecule has 0 saturated carbocycles. The lowest BCUT2D eigenvalue weighted by Crippen LogP contribution is -2.32. The maximum absolute atomic E-state index is 14.2. The molecule has 1 heterocycles. The number of hydrogen-bond donors (Lipinski definition) is 1. The third-order valence-corrected chi connectivity index (χ3v) is 7.83. The van der Waals surface area contributed by atoms with E-state index in [0.29, 0.717) is 18.8 Å². The molecule has 0 spiro atoms. The van der Waals surface area contributed by atoms with Crippen LogP contribution < -0.4 is 10.2 Å². The number of sulfonamides is 1. The smallest absolute Gasteiger partial charge is 0.253 e. The van der Waals surface area contributed by atoms with Crippen molar-refractivity contribution in [3.05, 3.63) is 59.2 Å². The lowest BCUT2D eigenvalue weighted by Gasteiger charge is -2.24. The maximum Gasteiger partial charge on any atom is 0.253 e. The van der Waals surface area contributed by atoms with Gasteiger partial charge in [0.1, 0.15) is 11.6 Å². The molecule has 2 aromatic rings. The summed E-state index contributed by atoms with van der Waals surface area (Å²) in [6.45, 7) is 7.28. The lowest BCUT2D eigenvalue weighted by molar-refractivity contribution is 0.0939. The van der Waals surface area contributed by atoms with Crippen LogP contribution in [0.3, 0.4) is 0 Å². The van der Waals surface area contributed by atoms with E-state index in [-0.39, 0.29) is 16.0 Å². The molecule has 1 N–H and O–H groups in total. The van der Waals surface area contributed by atoms with Crippen molar-refractivity contribution >= 4 is 21.6 Å². The molecular formula is C23H29F2N3O3S. The summed E-state index contributed by atoms with van der Waals surface area (Å²) in [6, 6.07) is 7.04. The molecule has 6 nitrogen and oxygen atoms in total. The van der Waals surface area contributed by atoms with Gasteiger partial charge in [-0.05, 0) is 44.0 Å². The normalized spacial score (nSPS) is 15.2. The monoisotopic (exact) mass is 465 g/mol. The number of anilines is 1. The fraction of sp³-hybridized carbons (Fsp3) is 0.435. The third kappa shape index (κ3) is 4.94. The minimum absolute atomic E-state index is 0.0370. The highest BCUT2D eigenvalue weighted by Crippen LogP contribution is 2.29. The van der Waals surface area contributed by atoms with E-state index in [2.05, 4.69) is 5.32 Å². The van der Waals surface area contributed by atoms with Gasteiger partial charge in [0.05, 0.1) is 16.5 Å². The highest BCUT2D eigenvalue weighted by molar-refractivity contribution is 7.89. The van der Waals surface area contributed by atoms with Crippen molar-refractivity contribution in [2.24, 2.45) is 0 Å². The molecule has 32 heavy (non-hydrogen) atoms. The fourth-order valence-corrected chi connectivity index (χ4v) is 5.49. The van der Waals surface area contributed by atoms with Crippen LogP contribution in [0.4, 0.5) is 14.5 Å². The van der Waals surface area contributed by atoms with E-state index in [0.717, 1.165) is 38.1 Å². The van der Waals surface area contributed by atoms with Crippen molar-refractivity contribution in [2.45, 2.75) is 44.6 Å². The number of nitrogens with zero attached hydrogens (tertiary/aromatic N) is 2. The van der Waals surface area contributed by atoms with E-state index >= 15 is 0 Å². The van der Waals surface area contributed by atoms with Gasteiger partial charge in [-0.25, -0.2) is 17.2 Å². The SMILES string of the molecule is CCN(CC)S(=O)(=O)c1ccc(N2CCCC2)c(C(=O)NC(C)c2ccc(F)cc2F)c1. The van der Waals surface area contributed by atoms with Gasteiger partial charge in [0.15, 0.2) is 0 Å². The van der Waals surface area contributed by atoms with E-state index < -0.39 is 33.6 Å². The van der Waals surface area contributed by atoms with Gasteiger partial charge >= 0.3 is 0 Å². The topological polar surface area (TPSA) is 69.7 Å². The van der Waals surface area contributed by atoms with Crippen molar-refractivity contribution in [3.63, 3.8) is 0 Å². The van der Waals surface area contributed by atoms with Crippen LogP contribution in [0.1, 0.15) is 55.6 Å². The number of carbonyl (C=O) groups excluding carboxylic acids is 1. The van der Waals surface area contributed by atoms with E-state index in [1.807, 2.05) is 4.90 Å². The van der Waals surface area contributed by atoms with Gasteiger partial charge < -0.3 is 10.2 Å². The van der Waals surface area contributed by atoms with Crippen LogP contribution in [0.5, 0.6) is 0 Å². The second-order valence-electron chi connectivity index (χ2n) is 7.82. The van der Waals surface area contributed by atoms with E-state index in [1.165, 1.54) is 22.5 Å². The Morgan fingerprint density at radius 1 is 1.09 bits per heavy atom. The molecule has 2 aromatic carbocycles. The van der Waals surface area contributed by atoms with Gasteiger partial charge in [-0.1, -0.05) is 19.9 Å². The molecule has 1 aliphatic heterocycles. The van der Waals surface area contributed by atoms with Crippen LogP contribution in [-0.2, 0) is 10.0 Å². The predicted octanol–water partition coefficient (Wildman–Crippen LogP) is 4.09. The first-order valence-electron chi connectivity index (χ1n) is 10.8. The first-order chi connectivity index (χ1) is 15.2. The molecule has 1 unspecified atom stereocenters. The summed E-state index contributed by atoms with van der Waals surface area (Å²) in [5.41, 5.74) is 1.01. The van der Waals surface area contributed by atoms with Crippen LogP contribution in [0.25, 0.3) is 0 Å². The number of carbonyl (C=O) groups is 1. The number of benzene rings is 2. The lowest BCUT2D eigenvalue weighted by atomic mass is 10.1. The van der Waals surface area contributed by atoms with E-state index in [4.69, 9.17) is 0 Å². The van der Waals surface area contributed by atoms with Gasteiger partial charge in [0, 0.05) is 43.5 Å². The average Bonchev–Trinajstić information content (AvgIpc) is 3.28. The summed E-state index contributed by atoms with van der Waals surface area (Å²) in [4.78, 5) is 15.3. The van der Waals surface area contributed by atoms with Crippen molar-refractivity contribution in [1.29, 1.82) is 0 Å². The number of amides is 1. The van der Waals surface area contributed by atoms with Gasteiger partial charge in [0.2, 0.25) is 10.0 Å². The Hall–Kier alpha value is -2.52. The van der Waals surface area contributed by atoms with Gasteiger partial charge in [-0.2, -0.15) is 4.31 Å². The molecule has 1 saturated heterocycles. The van der Waals surface area contributed by atoms with Crippen molar-refractivity contribution in [2.75, 3.05) is 31.1 Å². The molecule has 0 aliphatic carbocycles. The average molecular weight is 466 g/mol. The van der Waals surface area contributed by atoms with Gasteiger partial charge in [0.25, 0.3) is 5.91 Å². The second kappa shape index (κ2) is 9.95. The van der Waals surface area contributed by atoms with Crippen LogP contribution in [0.15, 0.2) is 41.3 Å². The van der Waals surface area contributed by atoms with Crippen LogP contribution in [0, 0.1) is 11.6 Å². The van der Waals surface area contributed by atoms with E-state index in [1.54, 1.807) is 26.8 Å². The third-order valence-electron chi connectivity index (χ3n) is 5.78. The molecule has 3 rings (SSSR count). The first-order valence-corrected chi connectivity index (χ1v) is 12.3. The minimum atomic E-state index is -3.76. The molecule has 0 aromatic heterocycles. The van der Waals surface area contributed by atoms with Gasteiger partial charge in [-0.15, -0.1) is 0 Å². The standard InChI is InChI=1S/C23H29F2N3O3S/c1-4-28(5-2)32(30,31)18-9-11-22(27-12-6-7-13-27)20(15-18)23(29)26-16(3)19-10-8-17(24)14-21(19)25/h8-11,14-16H,4-7,12-13H2,1-3H3,(H,26,29). The number of nitrogens with one attached hydrogen (secondary N) is 1. The molecule has 1 amide bonds. The summed E-state index contributed by atoms with van der Waals surface area (Å²) in [5.74, 6) is -1.97. The Kier molecular flexibility index (Phi) is 7.51. The molecule has 0 bridgehead atoms. The Balaban J connectivity index is 1.98. The number of halogens is 2. The minimum Gasteiger partial charge on any atom is -0.371 e. The Morgan fingerprint density at radius 3 is 2.34 bits per heavy atom. The summed E-state index contributed by atoms with van der Waals surface area (Å²) in [5, 5.41) is 2.74. The summed E-state index contributed by atoms with van der Waals surface area (Å²) in [6.07, 6.45) is 1.97. The molecule has 174 valence electrons. The van der Waals surface area contributed by atoms with Crippen molar-refractivity contribution in [1.82, 2.24) is 9.62 Å². The molecule has 9 heteroatoms. The zero-order chi connectivity index (χ0) is 23.5. The molecule has 1 fully saturated rings. The zero-order valence-electron chi connectivity index (χ0n) is 18.6. The van der Waals surface area contributed by atoms with Gasteiger partial charge in [-0.3, -0.25) is 4.79 Å². The summed E-state index contributed by atoms with van der Waals surface area (Å²) in [7, 11) is -3.76. The maximum atomic E-state index is 14.2. The molecule has 1 atom stereocenters. The van der Waals surface area contributed by atoms with Crippen LogP contribution >= 0.6 is 0 Å². The van der Waals surface area contributed by atoms with E-state index in [9.17, 15) is 22.0 Å². The highest BCUT2D eigenvalue weighted by Gasteiger charge is 2.27. The summed E-state index contributed by atoms with van der Waals surface area (Å²) < 4.78 is 54.8. The number of rotatable bonds is 8. The molecular weight excluding hydrogens is 436 g/mol. The van der Waals surface area contributed by atoms with Crippen LogP contribution in [-0.4, -0.2) is 44.8 Å². The largest absolute Gasteiger partial charge is 0.371 e. The molecule has 1 aliphatic rings. The second-order valence-corrected chi connectivity index (χ2v) is 9.76. The Bertz CT molecular complexity index is 1080. The quantitative estimate of drug-likeness (QED) is 0.638. The number of hydrogen-bond acceptors (Lipinski definition) is 4. The summed E-state index contributed by atoms with van der Waals surface area (Å²) >= 11 is 0. The highest BCUT2D eigenvalue weighted by atomic mass is 32.2. The fourth-order valence-electron chi connectivity index (χ4n) is 4.01. The van der Waals surface area contributed by atoms with Crippen molar-refractivity contribution in [3.8, 4) is 0 Å². The predicted molar refractivity (Wildman–Crippen MR) is 120 cm³/mol.